The fraction of sp³-hybridized carbons (Fsp3) is 0.294. The van der Waals surface area contributed by atoms with Crippen LogP contribution >= 0.6 is 0 Å². The molecule has 1 heterocycles. The molecule has 0 aliphatic carbocycles. The number of ether oxygens (including phenoxy) is 2. The molecule has 2 aromatic rings. The number of rotatable bonds is 2. The Balaban J connectivity index is 2.09. The van der Waals surface area contributed by atoms with Crippen molar-refractivity contribution >= 4 is 0 Å². The lowest BCUT2D eigenvalue weighted by molar-refractivity contribution is 0.157. The highest BCUT2D eigenvalue weighted by Gasteiger charge is 2.25. The Bertz CT molecular complexity index is 659. The van der Waals surface area contributed by atoms with Crippen molar-refractivity contribution in [1.82, 2.24) is 0 Å². The number of aliphatic hydroxyl groups is 1. The van der Waals surface area contributed by atoms with Crippen molar-refractivity contribution < 1.29 is 19.0 Å². The van der Waals surface area contributed by atoms with Crippen molar-refractivity contribution in [3.05, 3.63) is 58.4 Å². The maximum absolute atomic E-state index is 14.2. The molecule has 0 saturated heterocycles. The monoisotopic (exact) mass is 288 g/mol. The molecule has 0 amide bonds. The Hall–Kier alpha value is -2.07. The molecule has 0 aromatic heterocycles. The molecular formula is C17H17FO3. The minimum absolute atomic E-state index is 0.281. The Morgan fingerprint density at radius 2 is 1.90 bits per heavy atom. The van der Waals surface area contributed by atoms with Gasteiger partial charge in [-0.3, -0.25) is 0 Å². The van der Waals surface area contributed by atoms with Gasteiger partial charge in [-0.1, -0.05) is 18.2 Å². The van der Waals surface area contributed by atoms with Crippen molar-refractivity contribution in [2.45, 2.75) is 20.0 Å². The van der Waals surface area contributed by atoms with Crippen molar-refractivity contribution in [3.63, 3.8) is 0 Å². The Morgan fingerprint density at radius 1 is 1.14 bits per heavy atom. The molecule has 0 fully saturated rings. The summed E-state index contributed by atoms with van der Waals surface area (Å²) in [6, 6.07) is 8.57. The fourth-order valence-electron chi connectivity index (χ4n) is 2.74. The van der Waals surface area contributed by atoms with Gasteiger partial charge in [-0.15, -0.1) is 0 Å². The molecule has 1 unspecified atom stereocenters. The molecule has 21 heavy (non-hydrogen) atoms. The number of benzene rings is 2. The first kappa shape index (κ1) is 13.9. The molecule has 4 heteroatoms. The van der Waals surface area contributed by atoms with Gasteiger partial charge in [0.2, 0.25) is 0 Å². The highest BCUT2D eigenvalue weighted by atomic mass is 19.1. The van der Waals surface area contributed by atoms with E-state index in [-0.39, 0.29) is 5.56 Å². The average molecular weight is 288 g/mol. The zero-order valence-corrected chi connectivity index (χ0v) is 12.0. The lowest BCUT2D eigenvalue weighted by Crippen LogP contribution is -2.18. The normalized spacial score (nSPS) is 14.9. The predicted molar refractivity (Wildman–Crippen MR) is 77.4 cm³/mol. The number of para-hydroxylation sites is 1. The number of hydrogen-bond acceptors (Lipinski definition) is 3. The maximum Gasteiger partial charge on any atom is 0.167 e. The van der Waals surface area contributed by atoms with Gasteiger partial charge in [0.05, 0.1) is 0 Å². The number of aliphatic hydroxyl groups excluding tert-OH is 1. The summed E-state index contributed by atoms with van der Waals surface area (Å²) in [5, 5.41) is 10.6. The van der Waals surface area contributed by atoms with Gasteiger partial charge in [-0.25, -0.2) is 4.39 Å². The summed E-state index contributed by atoms with van der Waals surface area (Å²) < 4.78 is 25.3. The smallest absolute Gasteiger partial charge is 0.167 e. The van der Waals surface area contributed by atoms with Gasteiger partial charge in [0.25, 0.3) is 0 Å². The van der Waals surface area contributed by atoms with Crippen LogP contribution in [0.5, 0.6) is 11.5 Å². The molecule has 0 bridgehead atoms. The molecule has 1 aliphatic rings. The van der Waals surface area contributed by atoms with Gasteiger partial charge >= 0.3 is 0 Å². The van der Waals surface area contributed by atoms with Gasteiger partial charge < -0.3 is 14.6 Å². The van der Waals surface area contributed by atoms with Gasteiger partial charge in [-0.05, 0) is 37.1 Å². The summed E-state index contributed by atoms with van der Waals surface area (Å²) in [4.78, 5) is 0. The summed E-state index contributed by atoms with van der Waals surface area (Å²) in [5.41, 5.74) is 2.35. The van der Waals surface area contributed by atoms with E-state index in [1.807, 2.05) is 13.0 Å². The molecule has 110 valence electrons. The largest absolute Gasteiger partial charge is 0.486 e. The third-order valence-corrected chi connectivity index (χ3v) is 3.65. The van der Waals surface area contributed by atoms with Gasteiger partial charge in [0, 0.05) is 11.1 Å². The second kappa shape index (κ2) is 5.37. The Kier molecular flexibility index (Phi) is 3.55. The van der Waals surface area contributed by atoms with E-state index < -0.39 is 11.9 Å². The molecule has 1 atom stereocenters. The first-order valence-corrected chi connectivity index (χ1v) is 6.91. The lowest BCUT2D eigenvalue weighted by Gasteiger charge is -2.24. The topological polar surface area (TPSA) is 38.7 Å². The predicted octanol–water partition coefficient (Wildman–Crippen LogP) is 3.30. The second-order valence-corrected chi connectivity index (χ2v) is 5.25. The molecular weight excluding hydrogens is 271 g/mol. The zero-order chi connectivity index (χ0) is 15.0. The summed E-state index contributed by atoms with van der Waals surface area (Å²) in [6.07, 6.45) is -1.08. The van der Waals surface area contributed by atoms with Crippen LogP contribution in [0, 0.1) is 19.7 Å². The number of aryl methyl sites for hydroxylation is 2. The van der Waals surface area contributed by atoms with Crippen molar-refractivity contribution in [1.29, 1.82) is 0 Å². The first-order chi connectivity index (χ1) is 10.1. The van der Waals surface area contributed by atoms with Crippen molar-refractivity contribution in [2.75, 3.05) is 13.2 Å². The molecule has 0 spiro atoms. The lowest BCUT2D eigenvalue weighted by atomic mass is 9.94. The minimum atomic E-state index is -1.08. The highest BCUT2D eigenvalue weighted by molar-refractivity contribution is 5.51. The molecule has 1 aliphatic heterocycles. The third-order valence-electron chi connectivity index (χ3n) is 3.65. The Labute approximate surface area is 122 Å². The number of fused-ring (bicyclic) bond motifs is 1. The first-order valence-electron chi connectivity index (χ1n) is 6.91. The quantitative estimate of drug-likeness (QED) is 0.921. The van der Waals surface area contributed by atoms with Gasteiger partial charge in [0.1, 0.15) is 25.1 Å². The van der Waals surface area contributed by atoms with E-state index in [2.05, 4.69) is 0 Å². The van der Waals surface area contributed by atoms with Crippen LogP contribution in [-0.4, -0.2) is 18.3 Å². The third kappa shape index (κ3) is 2.47. The van der Waals surface area contributed by atoms with E-state index in [0.29, 0.717) is 35.8 Å². The molecule has 0 radical (unpaired) electrons. The summed E-state index contributed by atoms with van der Waals surface area (Å²) in [7, 11) is 0. The standard InChI is InChI=1S/C17H17FO3/c1-10-8-11(2)15(13(18)9-10)16(19)12-4-3-5-14-17(12)21-7-6-20-14/h3-5,8-9,16,19H,6-7H2,1-2H3. The Morgan fingerprint density at radius 3 is 2.67 bits per heavy atom. The van der Waals surface area contributed by atoms with E-state index in [0.717, 1.165) is 5.56 Å². The summed E-state index contributed by atoms with van der Waals surface area (Å²) >= 11 is 0. The van der Waals surface area contributed by atoms with Crippen LogP contribution in [0.3, 0.4) is 0 Å². The molecule has 1 N–H and O–H groups in total. The second-order valence-electron chi connectivity index (χ2n) is 5.25. The van der Waals surface area contributed by atoms with Crippen LogP contribution < -0.4 is 9.47 Å². The van der Waals surface area contributed by atoms with E-state index in [4.69, 9.17) is 9.47 Å². The SMILES string of the molecule is Cc1cc(C)c(C(O)c2cccc3c2OCCO3)c(F)c1. The molecule has 0 saturated carbocycles. The van der Waals surface area contributed by atoms with Crippen LogP contribution in [0.15, 0.2) is 30.3 Å². The number of hydrogen-bond donors (Lipinski definition) is 1. The van der Waals surface area contributed by atoms with Crippen LogP contribution in [0.1, 0.15) is 28.4 Å². The minimum Gasteiger partial charge on any atom is -0.486 e. The average Bonchev–Trinajstić information content (AvgIpc) is 2.45. The van der Waals surface area contributed by atoms with E-state index in [1.165, 1.54) is 6.07 Å². The number of halogens is 1. The fourth-order valence-corrected chi connectivity index (χ4v) is 2.74. The van der Waals surface area contributed by atoms with Gasteiger partial charge in [-0.2, -0.15) is 0 Å². The van der Waals surface area contributed by atoms with Crippen LogP contribution in [-0.2, 0) is 0 Å². The molecule has 3 nitrogen and oxygen atoms in total. The van der Waals surface area contributed by atoms with Crippen LogP contribution in [0.25, 0.3) is 0 Å². The summed E-state index contributed by atoms with van der Waals surface area (Å²) in [5.74, 6) is 0.674. The van der Waals surface area contributed by atoms with Crippen molar-refractivity contribution in [3.8, 4) is 11.5 Å². The summed E-state index contributed by atoms with van der Waals surface area (Å²) in [6.45, 7) is 4.52. The zero-order valence-electron chi connectivity index (χ0n) is 12.0. The maximum atomic E-state index is 14.2. The van der Waals surface area contributed by atoms with E-state index in [9.17, 15) is 9.50 Å². The van der Waals surface area contributed by atoms with E-state index >= 15 is 0 Å². The van der Waals surface area contributed by atoms with Crippen LogP contribution in [0.2, 0.25) is 0 Å². The van der Waals surface area contributed by atoms with E-state index in [1.54, 1.807) is 25.1 Å². The molecule has 2 aromatic carbocycles. The molecule has 3 rings (SSSR count). The van der Waals surface area contributed by atoms with Crippen molar-refractivity contribution in [2.24, 2.45) is 0 Å². The highest BCUT2D eigenvalue weighted by Crippen LogP contribution is 2.40. The van der Waals surface area contributed by atoms with Crippen LogP contribution in [0.4, 0.5) is 4.39 Å². The van der Waals surface area contributed by atoms with Gasteiger partial charge in [0.15, 0.2) is 11.5 Å².